The number of nitrogens with zero attached hydrogens (tertiary/aromatic N) is 4. The second kappa shape index (κ2) is 12.6. The molecule has 1 saturated heterocycles. The number of nitrogens with two attached hydrogens (primary N) is 1. The van der Waals surface area contributed by atoms with Crippen LogP contribution in [-0.4, -0.2) is 32.2 Å². The van der Waals surface area contributed by atoms with Crippen LogP contribution >= 0.6 is 0 Å². The average molecular weight is 515 g/mol. The van der Waals surface area contributed by atoms with Crippen LogP contribution in [0.3, 0.4) is 0 Å². The van der Waals surface area contributed by atoms with E-state index in [0.717, 1.165) is 38.8 Å². The van der Waals surface area contributed by atoms with Crippen LogP contribution in [0.15, 0.2) is 84.7 Å². The molecule has 0 amide bonds. The standard InChI is InChI=1S/C30H38N6O2/c1-4-23(16-17-24(5-2)38-25-14-10-9-11-15-25)35-26-27(31)33-22-34-28(26)36(29(35)37)30(3)18-12-7-6-8-13-20-32-21-19-30/h4-5,9-11,14-17,22,32H,1-2,6-8,12-13,18-21H2,3H3,(H2,31,33,34)/b23-16+,24-17+. The van der Waals surface area contributed by atoms with Crippen molar-refractivity contribution in [2.24, 2.45) is 0 Å². The van der Waals surface area contributed by atoms with Gasteiger partial charge in [-0.05, 0) is 75.7 Å². The summed E-state index contributed by atoms with van der Waals surface area (Å²) in [5, 5.41) is 3.55. The zero-order valence-corrected chi connectivity index (χ0v) is 22.2. The molecule has 0 spiro atoms. The average Bonchev–Trinajstić information content (AvgIpc) is 3.20. The lowest BCUT2D eigenvalue weighted by Gasteiger charge is -2.31. The van der Waals surface area contributed by atoms with Crippen molar-refractivity contribution >= 4 is 22.7 Å². The molecule has 3 N–H and O–H groups in total. The van der Waals surface area contributed by atoms with Crippen LogP contribution in [0, 0.1) is 0 Å². The van der Waals surface area contributed by atoms with Crippen LogP contribution in [0.25, 0.3) is 16.9 Å². The van der Waals surface area contributed by atoms with Crippen LogP contribution in [0.1, 0.15) is 51.9 Å². The van der Waals surface area contributed by atoms with Gasteiger partial charge < -0.3 is 15.8 Å². The summed E-state index contributed by atoms with van der Waals surface area (Å²) in [4.78, 5) is 23.0. The maximum absolute atomic E-state index is 14.2. The zero-order chi connectivity index (χ0) is 27.0. The number of ether oxygens (including phenoxy) is 1. The number of benzene rings is 1. The number of hydrogen-bond acceptors (Lipinski definition) is 6. The highest BCUT2D eigenvalue weighted by atomic mass is 16.5. The van der Waals surface area contributed by atoms with Gasteiger partial charge in [0.2, 0.25) is 0 Å². The van der Waals surface area contributed by atoms with Crippen molar-refractivity contribution in [3.05, 3.63) is 90.4 Å². The van der Waals surface area contributed by atoms with Gasteiger partial charge >= 0.3 is 5.69 Å². The van der Waals surface area contributed by atoms with E-state index in [1.54, 1.807) is 28.9 Å². The Kier molecular flexibility index (Phi) is 8.97. The van der Waals surface area contributed by atoms with Crippen LogP contribution in [-0.2, 0) is 5.54 Å². The number of rotatable bonds is 7. The fourth-order valence-electron chi connectivity index (χ4n) is 5.06. The molecule has 200 valence electrons. The number of allylic oxidation sites excluding steroid dienone is 5. The SMILES string of the molecule is C=C/C(=C\C=C(/C=C)n1c(=O)n(C2(C)CCCCCCCNCC2)c2ncnc(N)c21)Oc1ccccc1. The van der Waals surface area contributed by atoms with Crippen LogP contribution in [0.2, 0.25) is 0 Å². The smallest absolute Gasteiger partial charge is 0.335 e. The predicted molar refractivity (Wildman–Crippen MR) is 155 cm³/mol. The first-order valence-electron chi connectivity index (χ1n) is 13.3. The van der Waals surface area contributed by atoms with Gasteiger partial charge in [-0.2, -0.15) is 0 Å². The maximum atomic E-state index is 14.2. The fraction of sp³-hybridized carbons (Fsp3) is 0.367. The minimum absolute atomic E-state index is 0.215. The molecule has 0 bridgehead atoms. The first-order valence-corrected chi connectivity index (χ1v) is 13.3. The molecular weight excluding hydrogens is 476 g/mol. The number of anilines is 1. The molecule has 3 aromatic rings. The predicted octanol–water partition coefficient (Wildman–Crippen LogP) is 5.40. The van der Waals surface area contributed by atoms with Crippen LogP contribution < -0.4 is 21.5 Å². The summed E-state index contributed by atoms with van der Waals surface area (Å²) < 4.78 is 9.30. The van der Waals surface area contributed by atoms with Gasteiger partial charge in [0.05, 0.1) is 5.70 Å². The van der Waals surface area contributed by atoms with Gasteiger partial charge in [-0.25, -0.2) is 14.8 Å². The van der Waals surface area contributed by atoms with E-state index in [9.17, 15) is 4.79 Å². The van der Waals surface area contributed by atoms with Gasteiger partial charge in [0.15, 0.2) is 11.5 Å². The zero-order valence-electron chi connectivity index (χ0n) is 22.2. The Morgan fingerprint density at radius 3 is 2.55 bits per heavy atom. The van der Waals surface area contributed by atoms with E-state index < -0.39 is 5.54 Å². The van der Waals surface area contributed by atoms with Gasteiger partial charge in [0.25, 0.3) is 0 Å². The highest BCUT2D eigenvalue weighted by Gasteiger charge is 2.33. The molecule has 8 nitrogen and oxygen atoms in total. The second-order valence-electron chi connectivity index (χ2n) is 9.88. The number of aromatic nitrogens is 4. The van der Waals surface area contributed by atoms with Gasteiger partial charge in [-0.3, -0.25) is 9.13 Å². The molecule has 8 heteroatoms. The number of para-hydroxylation sites is 1. The van der Waals surface area contributed by atoms with Gasteiger partial charge in [-0.1, -0.05) is 57.0 Å². The molecule has 4 rings (SSSR count). The van der Waals surface area contributed by atoms with E-state index in [4.69, 9.17) is 10.5 Å². The summed E-state index contributed by atoms with van der Waals surface area (Å²) in [6.45, 7) is 11.8. The number of hydrogen-bond donors (Lipinski definition) is 2. The molecule has 1 aliphatic heterocycles. The summed E-state index contributed by atoms with van der Waals surface area (Å²) in [5.74, 6) is 1.45. The Hall–Kier alpha value is -3.91. The molecule has 1 atom stereocenters. The Labute approximate surface area is 224 Å². The van der Waals surface area contributed by atoms with E-state index in [2.05, 4.69) is 35.4 Å². The van der Waals surface area contributed by atoms with Crippen molar-refractivity contribution in [3.8, 4) is 5.75 Å². The molecular formula is C30H38N6O2. The van der Waals surface area contributed by atoms with Crippen LogP contribution in [0.5, 0.6) is 5.75 Å². The third-order valence-electron chi connectivity index (χ3n) is 7.16. The quantitative estimate of drug-likeness (QED) is 0.323. The Balaban J connectivity index is 1.82. The normalized spacial score (nSPS) is 20.0. The molecule has 1 aliphatic rings. The number of nitrogens with one attached hydrogen (secondary N) is 1. The molecule has 0 saturated carbocycles. The van der Waals surface area contributed by atoms with Gasteiger partial charge in [-0.15, -0.1) is 0 Å². The Morgan fingerprint density at radius 2 is 1.79 bits per heavy atom. The lowest BCUT2D eigenvalue weighted by Crippen LogP contribution is -2.41. The topological polar surface area (TPSA) is 100.0 Å². The monoisotopic (exact) mass is 514 g/mol. The molecule has 38 heavy (non-hydrogen) atoms. The maximum Gasteiger partial charge on any atom is 0.335 e. The van der Waals surface area contributed by atoms with Crippen molar-refractivity contribution in [1.82, 2.24) is 24.4 Å². The summed E-state index contributed by atoms with van der Waals surface area (Å²) >= 11 is 0. The highest BCUT2D eigenvalue weighted by Crippen LogP contribution is 2.32. The highest BCUT2D eigenvalue weighted by molar-refractivity contribution is 5.87. The minimum Gasteiger partial charge on any atom is -0.457 e. The molecule has 1 unspecified atom stereocenters. The molecule has 3 heterocycles. The minimum atomic E-state index is -0.441. The second-order valence-corrected chi connectivity index (χ2v) is 9.88. The molecule has 2 aromatic heterocycles. The van der Waals surface area contributed by atoms with Crippen molar-refractivity contribution in [3.63, 3.8) is 0 Å². The summed E-state index contributed by atoms with van der Waals surface area (Å²) in [6.07, 6.45) is 15.7. The molecule has 1 fully saturated rings. The summed E-state index contributed by atoms with van der Waals surface area (Å²) in [6, 6.07) is 9.45. The third kappa shape index (κ3) is 5.97. The van der Waals surface area contributed by atoms with Gasteiger partial charge in [0, 0.05) is 5.54 Å². The van der Waals surface area contributed by atoms with E-state index in [1.165, 1.54) is 25.6 Å². The number of imidazole rings is 1. The van der Waals surface area contributed by atoms with Crippen molar-refractivity contribution < 1.29 is 4.74 Å². The first-order chi connectivity index (χ1) is 18.5. The number of fused-ring (bicyclic) bond motifs is 1. The molecule has 0 radical (unpaired) electrons. The van der Waals surface area contributed by atoms with Gasteiger partial charge in [0.1, 0.15) is 23.4 Å². The van der Waals surface area contributed by atoms with Crippen LogP contribution in [0.4, 0.5) is 5.82 Å². The molecule has 1 aromatic carbocycles. The summed E-state index contributed by atoms with van der Waals surface area (Å²) in [7, 11) is 0. The molecule has 0 aliphatic carbocycles. The lowest BCUT2D eigenvalue weighted by atomic mass is 9.90. The summed E-state index contributed by atoms with van der Waals surface area (Å²) in [5.41, 5.74) is 7.24. The van der Waals surface area contributed by atoms with Crippen molar-refractivity contribution in [2.75, 3.05) is 18.8 Å². The lowest BCUT2D eigenvalue weighted by molar-refractivity contribution is 0.258. The Morgan fingerprint density at radius 1 is 1.03 bits per heavy atom. The van der Waals surface area contributed by atoms with Crippen molar-refractivity contribution in [1.29, 1.82) is 0 Å². The van der Waals surface area contributed by atoms with Crippen molar-refractivity contribution in [2.45, 2.75) is 57.4 Å². The van der Waals surface area contributed by atoms with E-state index >= 15 is 0 Å². The first kappa shape index (κ1) is 27.1. The fourth-order valence-corrected chi connectivity index (χ4v) is 5.06. The van der Waals surface area contributed by atoms with E-state index in [-0.39, 0.29) is 11.5 Å². The largest absolute Gasteiger partial charge is 0.457 e. The third-order valence-corrected chi connectivity index (χ3v) is 7.16. The van der Waals surface area contributed by atoms with E-state index in [1.807, 2.05) is 34.9 Å². The Bertz CT molecular complexity index is 1370. The van der Waals surface area contributed by atoms with E-state index in [0.29, 0.717) is 28.4 Å². The number of nitrogen functional groups attached to an aromatic ring is 1.